The third-order valence-electron chi connectivity index (χ3n) is 3.12. The second-order valence-corrected chi connectivity index (χ2v) is 5.49. The maximum Gasteiger partial charge on any atom is 0.274 e. The van der Waals surface area contributed by atoms with Crippen molar-refractivity contribution in [2.24, 2.45) is 0 Å². The van der Waals surface area contributed by atoms with Crippen LogP contribution in [0.4, 0.5) is 11.4 Å². The lowest BCUT2D eigenvalue weighted by Gasteiger charge is -2.12. The van der Waals surface area contributed by atoms with E-state index < -0.39 is 4.92 Å². The lowest BCUT2D eigenvalue weighted by atomic mass is 10.1. The highest BCUT2D eigenvalue weighted by molar-refractivity contribution is 7.80. The van der Waals surface area contributed by atoms with Crippen LogP contribution in [0, 0.1) is 17.0 Å². The molecule has 0 aliphatic rings. The monoisotopic (exact) mass is 335 g/mol. The molecule has 22 heavy (non-hydrogen) atoms. The van der Waals surface area contributed by atoms with Gasteiger partial charge in [0.05, 0.1) is 10.5 Å². The Hall–Kier alpha value is -2.18. The first kappa shape index (κ1) is 16.2. The standard InChI is InChI=1S/C15H14ClN3O2S/c1-10-13(3-2-4-14(10)19(20)21)18-15(22)17-9-11-5-7-12(16)8-6-11/h2-8H,9H2,1H3,(H2,17,18,22). The summed E-state index contributed by atoms with van der Waals surface area (Å²) in [5.74, 6) is 0. The topological polar surface area (TPSA) is 67.2 Å². The van der Waals surface area contributed by atoms with Crippen LogP contribution in [0.5, 0.6) is 0 Å². The summed E-state index contributed by atoms with van der Waals surface area (Å²) < 4.78 is 0. The number of benzene rings is 2. The molecule has 0 unspecified atom stereocenters. The highest BCUT2D eigenvalue weighted by Gasteiger charge is 2.13. The summed E-state index contributed by atoms with van der Waals surface area (Å²) >= 11 is 11.0. The number of anilines is 1. The van der Waals surface area contributed by atoms with Crippen molar-refractivity contribution in [3.8, 4) is 0 Å². The summed E-state index contributed by atoms with van der Waals surface area (Å²) in [6, 6.07) is 12.2. The van der Waals surface area contributed by atoms with Gasteiger partial charge in [-0.25, -0.2) is 0 Å². The lowest BCUT2D eigenvalue weighted by molar-refractivity contribution is -0.385. The molecule has 0 radical (unpaired) electrons. The van der Waals surface area contributed by atoms with E-state index >= 15 is 0 Å². The molecule has 0 spiro atoms. The molecule has 5 nitrogen and oxygen atoms in total. The van der Waals surface area contributed by atoms with E-state index in [0.717, 1.165) is 5.56 Å². The smallest absolute Gasteiger partial charge is 0.274 e. The van der Waals surface area contributed by atoms with Crippen molar-refractivity contribution in [2.45, 2.75) is 13.5 Å². The van der Waals surface area contributed by atoms with E-state index in [-0.39, 0.29) is 5.69 Å². The van der Waals surface area contributed by atoms with Crippen molar-refractivity contribution in [1.82, 2.24) is 5.32 Å². The fraction of sp³-hybridized carbons (Fsp3) is 0.133. The van der Waals surface area contributed by atoms with Crippen LogP contribution in [-0.2, 0) is 6.54 Å². The zero-order valence-electron chi connectivity index (χ0n) is 11.8. The van der Waals surface area contributed by atoms with Crippen molar-refractivity contribution in [3.05, 3.63) is 68.7 Å². The number of nitro benzene ring substituents is 1. The first-order valence-electron chi connectivity index (χ1n) is 6.50. The van der Waals surface area contributed by atoms with Crippen LogP contribution in [0.1, 0.15) is 11.1 Å². The number of hydrogen-bond donors (Lipinski definition) is 2. The van der Waals surface area contributed by atoms with Crippen LogP contribution in [0.25, 0.3) is 0 Å². The van der Waals surface area contributed by atoms with E-state index in [1.807, 2.05) is 12.1 Å². The van der Waals surface area contributed by atoms with Crippen LogP contribution >= 0.6 is 23.8 Å². The third-order valence-corrected chi connectivity index (χ3v) is 3.61. The summed E-state index contributed by atoms with van der Waals surface area (Å²) in [4.78, 5) is 10.5. The van der Waals surface area contributed by atoms with Crippen LogP contribution < -0.4 is 10.6 Å². The van der Waals surface area contributed by atoms with Crippen LogP contribution in [0.2, 0.25) is 5.02 Å². The molecule has 0 fully saturated rings. The first-order valence-corrected chi connectivity index (χ1v) is 7.29. The number of nitrogens with one attached hydrogen (secondary N) is 2. The number of nitrogens with zero attached hydrogens (tertiary/aromatic N) is 1. The maximum atomic E-state index is 10.9. The molecule has 0 saturated heterocycles. The van der Waals surface area contributed by atoms with E-state index in [0.29, 0.717) is 27.9 Å². The molecule has 0 aliphatic carbocycles. The summed E-state index contributed by atoms with van der Waals surface area (Å²) in [6.07, 6.45) is 0. The molecule has 0 atom stereocenters. The van der Waals surface area contributed by atoms with Gasteiger partial charge in [-0.2, -0.15) is 0 Å². The van der Waals surface area contributed by atoms with Gasteiger partial charge in [-0.1, -0.05) is 29.8 Å². The molecular weight excluding hydrogens is 322 g/mol. The molecule has 2 aromatic rings. The van der Waals surface area contributed by atoms with E-state index in [1.54, 1.807) is 31.2 Å². The van der Waals surface area contributed by atoms with Gasteiger partial charge in [0.25, 0.3) is 5.69 Å². The minimum atomic E-state index is -0.412. The zero-order valence-corrected chi connectivity index (χ0v) is 13.4. The summed E-state index contributed by atoms with van der Waals surface area (Å²) in [7, 11) is 0. The molecule has 2 rings (SSSR count). The van der Waals surface area contributed by atoms with Gasteiger partial charge in [0.2, 0.25) is 0 Å². The maximum absolute atomic E-state index is 10.9. The summed E-state index contributed by atoms with van der Waals surface area (Å²) in [6.45, 7) is 2.22. The average Bonchev–Trinajstić information content (AvgIpc) is 2.48. The Kier molecular flexibility index (Phi) is 5.30. The van der Waals surface area contributed by atoms with Crippen molar-refractivity contribution in [1.29, 1.82) is 0 Å². The largest absolute Gasteiger partial charge is 0.358 e. The lowest BCUT2D eigenvalue weighted by Crippen LogP contribution is -2.28. The van der Waals surface area contributed by atoms with Gasteiger partial charge in [-0.15, -0.1) is 0 Å². The Labute approximate surface area is 138 Å². The fourth-order valence-electron chi connectivity index (χ4n) is 1.91. The second kappa shape index (κ2) is 7.20. The number of thiocarbonyl (C=S) groups is 1. The molecule has 2 N–H and O–H groups in total. The Morgan fingerprint density at radius 2 is 1.95 bits per heavy atom. The Bertz CT molecular complexity index is 704. The SMILES string of the molecule is Cc1c(NC(=S)NCc2ccc(Cl)cc2)cccc1[N+](=O)[O-]. The fourth-order valence-corrected chi connectivity index (χ4v) is 2.22. The predicted octanol–water partition coefficient (Wildman–Crippen LogP) is 4.04. The normalized spacial score (nSPS) is 10.1. The minimum Gasteiger partial charge on any atom is -0.358 e. The quantitative estimate of drug-likeness (QED) is 0.501. The summed E-state index contributed by atoms with van der Waals surface area (Å²) in [5.41, 5.74) is 2.25. The van der Waals surface area contributed by atoms with Crippen LogP contribution in [-0.4, -0.2) is 10.0 Å². The van der Waals surface area contributed by atoms with Gasteiger partial charge in [-0.05, 0) is 42.9 Å². The number of nitro groups is 1. The Morgan fingerprint density at radius 1 is 1.27 bits per heavy atom. The Balaban J connectivity index is 1.99. The number of rotatable bonds is 4. The van der Waals surface area contributed by atoms with Gasteiger partial charge >= 0.3 is 0 Å². The average molecular weight is 336 g/mol. The highest BCUT2D eigenvalue weighted by Crippen LogP contribution is 2.24. The van der Waals surface area contributed by atoms with E-state index in [2.05, 4.69) is 10.6 Å². The van der Waals surface area contributed by atoms with E-state index in [9.17, 15) is 10.1 Å². The van der Waals surface area contributed by atoms with Crippen molar-refractivity contribution in [3.63, 3.8) is 0 Å². The van der Waals surface area contributed by atoms with Gasteiger partial charge < -0.3 is 10.6 Å². The van der Waals surface area contributed by atoms with Crippen molar-refractivity contribution >= 4 is 40.3 Å². The van der Waals surface area contributed by atoms with Gasteiger partial charge in [-0.3, -0.25) is 10.1 Å². The Morgan fingerprint density at radius 3 is 2.59 bits per heavy atom. The molecule has 0 amide bonds. The summed E-state index contributed by atoms with van der Waals surface area (Å²) in [5, 5.41) is 18.0. The molecule has 0 aliphatic heterocycles. The van der Waals surface area contributed by atoms with Gasteiger partial charge in [0.1, 0.15) is 0 Å². The van der Waals surface area contributed by atoms with Crippen molar-refractivity contribution in [2.75, 3.05) is 5.32 Å². The molecule has 114 valence electrons. The predicted molar refractivity (Wildman–Crippen MR) is 92.3 cm³/mol. The molecule has 0 bridgehead atoms. The minimum absolute atomic E-state index is 0.0606. The number of halogens is 1. The molecule has 0 heterocycles. The third kappa shape index (κ3) is 4.16. The second-order valence-electron chi connectivity index (χ2n) is 4.64. The molecule has 0 aromatic heterocycles. The van der Waals surface area contributed by atoms with E-state index in [4.69, 9.17) is 23.8 Å². The van der Waals surface area contributed by atoms with Gasteiger partial charge in [0.15, 0.2) is 5.11 Å². The van der Waals surface area contributed by atoms with Crippen LogP contribution in [0.15, 0.2) is 42.5 Å². The zero-order chi connectivity index (χ0) is 16.1. The molecule has 0 saturated carbocycles. The molecule has 2 aromatic carbocycles. The van der Waals surface area contributed by atoms with E-state index in [1.165, 1.54) is 6.07 Å². The van der Waals surface area contributed by atoms with Gasteiger partial charge in [0, 0.05) is 23.3 Å². The van der Waals surface area contributed by atoms with Crippen LogP contribution in [0.3, 0.4) is 0 Å². The molecular formula is C15H14ClN3O2S. The first-order chi connectivity index (χ1) is 10.5. The highest BCUT2D eigenvalue weighted by atomic mass is 35.5. The van der Waals surface area contributed by atoms with Crippen molar-refractivity contribution < 1.29 is 4.92 Å². The number of hydrogen-bond acceptors (Lipinski definition) is 3. The molecule has 7 heteroatoms.